The van der Waals surface area contributed by atoms with Crippen LogP contribution in [0.4, 0.5) is 0 Å². The Morgan fingerprint density at radius 2 is 1.83 bits per heavy atom. The first-order valence-corrected chi connectivity index (χ1v) is 6.79. The van der Waals surface area contributed by atoms with Gasteiger partial charge in [0.05, 0.1) is 18.8 Å². The summed E-state index contributed by atoms with van der Waals surface area (Å²) in [5.74, 6) is 0. The Balaban J connectivity index is 2.16. The number of benzene rings is 1. The summed E-state index contributed by atoms with van der Waals surface area (Å²) in [7, 11) is 1.64. The number of piperidine rings is 1. The molecule has 3 heteroatoms. The summed E-state index contributed by atoms with van der Waals surface area (Å²) in [4.78, 5) is 2.39. The van der Waals surface area contributed by atoms with E-state index in [1.165, 1.54) is 24.8 Å². The molecular formula is C15H23NO2. The summed E-state index contributed by atoms with van der Waals surface area (Å²) in [6.45, 7) is 2.52. The van der Waals surface area contributed by atoms with Crippen LogP contribution in [0.1, 0.15) is 30.9 Å². The third-order valence-electron chi connectivity index (χ3n) is 3.63. The van der Waals surface area contributed by atoms with Crippen LogP contribution >= 0.6 is 0 Å². The average molecular weight is 249 g/mol. The Morgan fingerprint density at radius 1 is 1.17 bits per heavy atom. The highest BCUT2D eigenvalue weighted by Crippen LogP contribution is 2.27. The zero-order valence-corrected chi connectivity index (χ0v) is 11.1. The van der Waals surface area contributed by atoms with E-state index in [2.05, 4.69) is 17.0 Å². The number of hydrogen-bond acceptors (Lipinski definition) is 3. The third-order valence-corrected chi connectivity index (χ3v) is 3.63. The standard InChI is InChI=1S/C15H23NO2/c1-18-12-14(17)15(13-8-4-2-5-9-13)16-10-6-3-7-11-16/h2,4-5,8-9,14-15,17H,3,6-7,10-12H2,1H3. The molecule has 0 aromatic heterocycles. The van der Waals surface area contributed by atoms with Gasteiger partial charge in [0.2, 0.25) is 0 Å². The molecule has 0 spiro atoms. The zero-order valence-electron chi connectivity index (χ0n) is 11.1. The first kappa shape index (κ1) is 13.5. The summed E-state index contributed by atoms with van der Waals surface area (Å²) in [5.41, 5.74) is 1.18. The van der Waals surface area contributed by atoms with Crippen molar-refractivity contribution in [2.24, 2.45) is 0 Å². The lowest BCUT2D eigenvalue weighted by Gasteiger charge is -2.37. The monoisotopic (exact) mass is 249 g/mol. The van der Waals surface area contributed by atoms with Gasteiger partial charge in [-0.15, -0.1) is 0 Å². The van der Waals surface area contributed by atoms with E-state index in [4.69, 9.17) is 4.74 Å². The SMILES string of the molecule is COCC(O)C(c1ccccc1)N1CCCCC1. The van der Waals surface area contributed by atoms with E-state index in [0.29, 0.717) is 6.61 Å². The molecule has 0 bridgehead atoms. The molecule has 1 heterocycles. The molecule has 1 saturated heterocycles. The minimum Gasteiger partial charge on any atom is -0.389 e. The van der Waals surface area contributed by atoms with E-state index in [0.717, 1.165) is 13.1 Å². The van der Waals surface area contributed by atoms with E-state index in [-0.39, 0.29) is 6.04 Å². The van der Waals surface area contributed by atoms with Crippen LogP contribution in [0, 0.1) is 0 Å². The third kappa shape index (κ3) is 3.31. The van der Waals surface area contributed by atoms with Gasteiger partial charge >= 0.3 is 0 Å². The van der Waals surface area contributed by atoms with Crippen molar-refractivity contribution in [3.63, 3.8) is 0 Å². The van der Waals surface area contributed by atoms with Crippen LogP contribution in [0.3, 0.4) is 0 Å². The van der Waals surface area contributed by atoms with Crippen molar-refractivity contribution in [3.05, 3.63) is 35.9 Å². The molecule has 100 valence electrons. The lowest BCUT2D eigenvalue weighted by Crippen LogP contribution is -2.41. The Bertz CT molecular complexity index is 336. The van der Waals surface area contributed by atoms with E-state index in [9.17, 15) is 5.11 Å². The van der Waals surface area contributed by atoms with Gasteiger partial charge in [-0.3, -0.25) is 4.90 Å². The average Bonchev–Trinajstić information content (AvgIpc) is 2.42. The number of nitrogens with zero attached hydrogens (tertiary/aromatic N) is 1. The quantitative estimate of drug-likeness (QED) is 0.868. The minimum absolute atomic E-state index is 0.0615. The summed E-state index contributed by atoms with van der Waals surface area (Å²) >= 11 is 0. The first-order valence-electron chi connectivity index (χ1n) is 6.79. The molecule has 0 amide bonds. The van der Waals surface area contributed by atoms with Crippen molar-refractivity contribution >= 4 is 0 Å². The van der Waals surface area contributed by atoms with Crippen molar-refractivity contribution in [2.75, 3.05) is 26.8 Å². The van der Waals surface area contributed by atoms with Crippen molar-refractivity contribution in [2.45, 2.75) is 31.4 Å². The predicted molar refractivity (Wildman–Crippen MR) is 72.5 cm³/mol. The molecule has 1 aliphatic heterocycles. The Hall–Kier alpha value is -0.900. The van der Waals surface area contributed by atoms with Gasteiger partial charge in [-0.1, -0.05) is 36.8 Å². The molecule has 0 saturated carbocycles. The van der Waals surface area contributed by atoms with Crippen LogP contribution in [0.5, 0.6) is 0 Å². The molecule has 0 radical (unpaired) electrons. The maximum Gasteiger partial charge on any atom is 0.0969 e. The van der Waals surface area contributed by atoms with Crippen molar-refractivity contribution in [1.29, 1.82) is 0 Å². The van der Waals surface area contributed by atoms with Crippen LogP contribution in [0.15, 0.2) is 30.3 Å². The molecule has 2 unspecified atom stereocenters. The molecule has 1 fully saturated rings. The van der Waals surface area contributed by atoms with Gasteiger partial charge in [-0.25, -0.2) is 0 Å². The fraction of sp³-hybridized carbons (Fsp3) is 0.600. The number of aliphatic hydroxyl groups is 1. The second kappa shape index (κ2) is 6.88. The molecular weight excluding hydrogens is 226 g/mol. The summed E-state index contributed by atoms with van der Waals surface area (Å²) in [6, 6.07) is 10.3. The molecule has 1 aromatic carbocycles. The fourth-order valence-corrected chi connectivity index (χ4v) is 2.78. The Morgan fingerprint density at radius 3 is 2.44 bits per heavy atom. The highest BCUT2D eigenvalue weighted by atomic mass is 16.5. The maximum atomic E-state index is 10.3. The number of rotatable bonds is 5. The van der Waals surface area contributed by atoms with Crippen LogP contribution in [-0.4, -0.2) is 42.9 Å². The van der Waals surface area contributed by atoms with E-state index in [1.54, 1.807) is 7.11 Å². The topological polar surface area (TPSA) is 32.7 Å². The van der Waals surface area contributed by atoms with Crippen molar-refractivity contribution in [1.82, 2.24) is 4.90 Å². The van der Waals surface area contributed by atoms with E-state index < -0.39 is 6.10 Å². The molecule has 1 aromatic rings. The fourth-order valence-electron chi connectivity index (χ4n) is 2.78. The number of ether oxygens (including phenoxy) is 1. The van der Waals surface area contributed by atoms with Crippen LogP contribution in [-0.2, 0) is 4.74 Å². The number of methoxy groups -OCH3 is 1. The van der Waals surface area contributed by atoms with Crippen LogP contribution in [0.25, 0.3) is 0 Å². The smallest absolute Gasteiger partial charge is 0.0969 e. The van der Waals surface area contributed by atoms with Gasteiger partial charge in [-0.05, 0) is 31.5 Å². The van der Waals surface area contributed by atoms with Crippen molar-refractivity contribution in [3.8, 4) is 0 Å². The van der Waals surface area contributed by atoms with Gasteiger partial charge in [0.15, 0.2) is 0 Å². The second-order valence-electron chi connectivity index (χ2n) is 4.97. The highest BCUT2D eigenvalue weighted by Gasteiger charge is 2.28. The lowest BCUT2D eigenvalue weighted by atomic mass is 9.97. The Labute approximate surface area is 109 Å². The molecule has 3 nitrogen and oxygen atoms in total. The van der Waals surface area contributed by atoms with Crippen LogP contribution in [0.2, 0.25) is 0 Å². The van der Waals surface area contributed by atoms with E-state index >= 15 is 0 Å². The van der Waals surface area contributed by atoms with Gasteiger partial charge in [0.1, 0.15) is 0 Å². The van der Waals surface area contributed by atoms with Gasteiger partial charge < -0.3 is 9.84 Å². The lowest BCUT2D eigenvalue weighted by molar-refractivity contribution is -0.0106. The first-order chi connectivity index (χ1) is 8.83. The molecule has 2 atom stereocenters. The van der Waals surface area contributed by atoms with Gasteiger partial charge in [0, 0.05) is 7.11 Å². The normalized spacial score (nSPS) is 20.6. The largest absolute Gasteiger partial charge is 0.389 e. The highest BCUT2D eigenvalue weighted by molar-refractivity contribution is 5.20. The molecule has 1 N–H and O–H groups in total. The number of hydrogen-bond donors (Lipinski definition) is 1. The second-order valence-corrected chi connectivity index (χ2v) is 4.97. The minimum atomic E-state index is -0.463. The molecule has 0 aliphatic carbocycles. The summed E-state index contributed by atoms with van der Waals surface area (Å²) < 4.78 is 5.12. The maximum absolute atomic E-state index is 10.3. The molecule has 1 aliphatic rings. The molecule has 18 heavy (non-hydrogen) atoms. The molecule has 2 rings (SSSR count). The van der Waals surface area contributed by atoms with Crippen LogP contribution < -0.4 is 0 Å². The van der Waals surface area contributed by atoms with Gasteiger partial charge in [0.25, 0.3) is 0 Å². The summed E-state index contributed by atoms with van der Waals surface area (Å²) in [5, 5.41) is 10.3. The number of likely N-dealkylation sites (tertiary alicyclic amines) is 1. The zero-order chi connectivity index (χ0) is 12.8. The number of aliphatic hydroxyl groups excluding tert-OH is 1. The van der Waals surface area contributed by atoms with E-state index in [1.807, 2.05) is 18.2 Å². The predicted octanol–water partition coefficient (Wildman–Crippen LogP) is 2.22. The van der Waals surface area contributed by atoms with Gasteiger partial charge in [-0.2, -0.15) is 0 Å². The Kier molecular flexibility index (Phi) is 5.17. The summed E-state index contributed by atoms with van der Waals surface area (Å²) in [6.07, 6.45) is 3.29. The van der Waals surface area contributed by atoms with Crippen molar-refractivity contribution < 1.29 is 9.84 Å².